The Hall–Kier alpha value is -2.29. The van der Waals surface area contributed by atoms with Crippen LogP contribution < -0.4 is 9.62 Å². The molecule has 7 nitrogen and oxygen atoms in total. The number of rotatable bonds is 10. The molecule has 0 heterocycles. The van der Waals surface area contributed by atoms with Crippen LogP contribution in [0.5, 0.6) is 0 Å². The third-order valence-electron chi connectivity index (χ3n) is 5.22. The van der Waals surface area contributed by atoms with Crippen molar-refractivity contribution in [2.45, 2.75) is 39.3 Å². The molecule has 2 aromatic rings. The number of nitrogens with one attached hydrogen (secondary N) is 1. The molecule has 0 aromatic heterocycles. The first kappa shape index (κ1) is 27.0. The van der Waals surface area contributed by atoms with Crippen molar-refractivity contribution in [3.63, 3.8) is 0 Å². The normalized spacial score (nSPS) is 12.2. The van der Waals surface area contributed by atoms with E-state index in [0.29, 0.717) is 15.7 Å². The van der Waals surface area contributed by atoms with Gasteiger partial charge in [-0.05, 0) is 50.1 Å². The van der Waals surface area contributed by atoms with Crippen molar-refractivity contribution in [3.05, 3.63) is 63.6 Å². The van der Waals surface area contributed by atoms with E-state index < -0.39 is 16.1 Å². The summed E-state index contributed by atoms with van der Waals surface area (Å²) >= 11 is 12.1. The Bertz CT molecular complexity index is 1090. The minimum Gasteiger partial charge on any atom is -0.357 e. The average molecular weight is 514 g/mol. The molecule has 2 rings (SSSR count). The van der Waals surface area contributed by atoms with E-state index in [1.807, 2.05) is 19.1 Å². The molecule has 1 unspecified atom stereocenters. The molecule has 0 fully saturated rings. The smallest absolute Gasteiger partial charge is 0.242 e. The van der Waals surface area contributed by atoms with E-state index in [1.54, 1.807) is 37.3 Å². The number of carbonyl (C=O) groups excluding carboxylic acids is 2. The lowest BCUT2D eigenvalue weighted by atomic mass is 10.1. The van der Waals surface area contributed by atoms with Crippen LogP contribution in [0.15, 0.2) is 42.5 Å². The molecule has 0 radical (unpaired) electrons. The van der Waals surface area contributed by atoms with Crippen LogP contribution >= 0.6 is 23.2 Å². The van der Waals surface area contributed by atoms with E-state index in [4.69, 9.17) is 23.2 Å². The van der Waals surface area contributed by atoms with Crippen LogP contribution in [0.2, 0.25) is 10.0 Å². The first-order valence-electron chi connectivity index (χ1n) is 10.4. The number of halogens is 2. The molecule has 0 saturated carbocycles. The molecule has 0 saturated heterocycles. The van der Waals surface area contributed by atoms with Gasteiger partial charge in [0.25, 0.3) is 0 Å². The molecule has 0 spiro atoms. The Balaban J connectivity index is 2.15. The van der Waals surface area contributed by atoms with Gasteiger partial charge in [-0.1, -0.05) is 47.0 Å². The number of carbonyl (C=O) groups is 2. The van der Waals surface area contributed by atoms with Crippen LogP contribution in [0.25, 0.3) is 0 Å². The van der Waals surface area contributed by atoms with Gasteiger partial charge in [-0.25, -0.2) is 8.42 Å². The average Bonchev–Trinajstić information content (AvgIpc) is 2.76. The first-order chi connectivity index (χ1) is 15.4. The second-order valence-corrected chi connectivity index (χ2v) is 10.6. The van der Waals surface area contributed by atoms with Gasteiger partial charge in [0.1, 0.15) is 6.04 Å². The zero-order chi connectivity index (χ0) is 24.8. The van der Waals surface area contributed by atoms with Crippen molar-refractivity contribution >= 4 is 50.7 Å². The van der Waals surface area contributed by atoms with Crippen LogP contribution in [0.4, 0.5) is 5.69 Å². The number of aryl methyl sites for hydroxylation is 1. The van der Waals surface area contributed by atoms with Gasteiger partial charge in [0.15, 0.2) is 0 Å². The first-order valence-corrected chi connectivity index (χ1v) is 13.0. The zero-order valence-corrected chi connectivity index (χ0v) is 21.5. The summed E-state index contributed by atoms with van der Waals surface area (Å²) in [6, 6.07) is 11.5. The highest BCUT2D eigenvalue weighted by Crippen LogP contribution is 2.24. The summed E-state index contributed by atoms with van der Waals surface area (Å²) in [6.45, 7) is 3.87. The van der Waals surface area contributed by atoms with Crippen LogP contribution in [0, 0.1) is 6.92 Å². The summed E-state index contributed by atoms with van der Waals surface area (Å²) in [7, 11) is -2.02. The van der Waals surface area contributed by atoms with Crippen LogP contribution in [-0.4, -0.2) is 51.0 Å². The third-order valence-corrected chi connectivity index (χ3v) is 7.16. The number of benzene rings is 2. The van der Waals surface area contributed by atoms with Gasteiger partial charge >= 0.3 is 0 Å². The fourth-order valence-electron chi connectivity index (χ4n) is 3.34. The zero-order valence-electron chi connectivity index (χ0n) is 19.1. The minimum atomic E-state index is -3.52. The molecule has 33 heavy (non-hydrogen) atoms. The molecule has 10 heteroatoms. The Morgan fingerprint density at radius 1 is 1.06 bits per heavy atom. The Labute approximate surface area is 205 Å². The molecule has 0 aliphatic carbocycles. The summed E-state index contributed by atoms with van der Waals surface area (Å²) in [4.78, 5) is 26.8. The monoisotopic (exact) mass is 513 g/mol. The maximum Gasteiger partial charge on any atom is 0.242 e. The number of anilines is 1. The van der Waals surface area contributed by atoms with Crippen molar-refractivity contribution in [3.8, 4) is 0 Å². The second-order valence-electron chi connectivity index (χ2n) is 7.83. The largest absolute Gasteiger partial charge is 0.357 e. The van der Waals surface area contributed by atoms with Gasteiger partial charge in [0.05, 0.1) is 22.0 Å². The lowest BCUT2D eigenvalue weighted by molar-refractivity contribution is -0.140. The molecule has 2 amide bonds. The fourth-order valence-corrected chi connectivity index (χ4v) is 4.63. The predicted molar refractivity (Wildman–Crippen MR) is 133 cm³/mol. The van der Waals surface area contributed by atoms with Crippen LogP contribution in [-0.2, 0) is 26.2 Å². The van der Waals surface area contributed by atoms with Crippen molar-refractivity contribution in [1.82, 2.24) is 10.2 Å². The predicted octanol–water partition coefficient (Wildman–Crippen LogP) is 4.01. The quantitative estimate of drug-likeness (QED) is 0.519. The summed E-state index contributed by atoms with van der Waals surface area (Å²) < 4.78 is 25.9. The van der Waals surface area contributed by atoms with Crippen molar-refractivity contribution in [2.24, 2.45) is 0 Å². The lowest BCUT2D eigenvalue weighted by Gasteiger charge is -2.29. The summed E-state index contributed by atoms with van der Waals surface area (Å²) in [5.41, 5.74) is 2.29. The van der Waals surface area contributed by atoms with E-state index in [2.05, 4.69) is 5.32 Å². The van der Waals surface area contributed by atoms with E-state index in [0.717, 1.165) is 17.4 Å². The number of sulfonamides is 1. The Kier molecular flexibility index (Phi) is 9.57. The molecule has 180 valence electrons. The van der Waals surface area contributed by atoms with Crippen molar-refractivity contribution in [2.75, 3.05) is 24.2 Å². The molecule has 0 aliphatic rings. The van der Waals surface area contributed by atoms with Crippen LogP contribution in [0.1, 0.15) is 30.9 Å². The molecule has 1 N–H and O–H groups in total. The Morgan fingerprint density at radius 2 is 1.70 bits per heavy atom. The molecule has 0 bridgehead atoms. The van der Waals surface area contributed by atoms with Crippen molar-refractivity contribution < 1.29 is 18.0 Å². The molecular formula is C23H29Cl2N3O4S. The number of nitrogens with zero attached hydrogens (tertiary/aromatic N) is 2. The van der Waals surface area contributed by atoms with Gasteiger partial charge in [-0.3, -0.25) is 13.9 Å². The van der Waals surface area contributed by atoms with E-state index in [-0.39, 0.29) is 37.7 Å². The topological polar surface area (TPSA) is 86.8 Å². The molecule has 0 aliphatic heterocycles. The molecular weight excluding hydrogens is 485 g/mol. The van der Waals surface area contributed by atoms with E-state index in [1.165, 1.54) is 16.3 Å². The van der Waals surface area contributed by atoms with E-state index >= 15 is 0 Å². The number of likely N-dealkylation sites (N-methyl/N-ethyl adjacent to an activating group) is 1. The minimum absolute atomic E-state index is 0.0700. The number of hydrogen-bond acceptors (Lipinski definition) is 4. The van der Waals surface area contributed by atoms with Gasteiger partial charge < -0.3 is 10.2 Å². The fraction of sp³-hybridized carbons (Fsp3) is 0.391. The maximum atomic E-state index is 13.1. The molecule has 2 aromatic carbocycles. The number of hydrogen-bond donors (Lipinski definition) is 1. The summed E-state index contributed by atoms with van der Waals surface area (Å²) in [6.07, 6.45) is 1.50. The van der Waals surface area contributed by atoms with E-state index in [9.17, 15) is 18.0 Å². The Morgan fingerprint density at radius 3 is 2.24 bits per heavy atom. The summed E-state index contributed by atoms with van der Waals surface area (Å²) in [5, 5.41) is 3.31. The van der Waals surface area contributed by atoms with Crippen molar-refractivity contribution in [1.29, 1.82) is 0 Å². The van der Waals surface area contributed by atoms with Gasteiger partial charge in [-0.2, -0.15) is 0 Å². The van der Waals surface area contributed by atoms with Gasteiger partial charge in [0, 0.05) is 26.6 Å². The van der Waals surface area contributed by atoms with Crippen LogP contribution in [0.3, 0.4) is 0 Å². The van der Waals surface area contributed by atoms with Gasteiger partial charge in [0.2, 0.25) is 21.8 Å². The summed E-state index contributed by atoms with van der Waals surface area (Å²) in [5.74, 6) is -0.574. The standard InChI is InChI=1S/C23H29Cl2N3O4S/c1-16-7-10-19(11-8-16)28(33(4,31)32)13-5-6-22(29)27(17(2)23(30)26-3)15-18-9-12-20(24)21(25)14-18/h7-12,14,17H,5-6,13,15H2,1-4H3,(H,26,30). The highest BCUT2D eigenvalue weighted by atomic mass is 35.5. The highest BCUT2D eigenvalue weighted by molar-refractivity contribution is 7.92. The second kappa shape index (κ2) is 11.7. The van der Waals surface area contributed by atoms with Gasteiger partial charge in [-0.15, -0.1) is 0 Å². The third kappa shape index (κ3) is 7.62. The molecule has 1 atom stereocenters. The maximum absolute atomic E-state index is 13.1. The SMILES string of the molecule is CNC(=O)C(C)N(Cc1ccc(Cl)c(Cl)c1)C(=O)CCCN(c1ccc(C)cc1)S(C)(=O)=O. The highest BCUT2D eigenvalue weighted by Gasteiger charge is 2.26. The number of amides is 2. The lowest BCUT2D eigenvalue weighted by Crippen LogP contribution is -2.46.